The molecule has 0 aliphatic carbocycles. The van der Waals surface area contributed by atoms with Crippen molar-refractivity contribution in [3.8, 4) is 24.3 Å². The van der Waals surface area contributed by atoms with E-state index >= 15 is 0 Å². The molecule has 0 spiro atoms. The fourth-order valence-corrected chi connectivity index (χ4v) is 4.70. The molecule has 38 heavy (non-hydrogen) atoms. The number of hydrogen-bond donors (Lipinski definition) is 2. The fraction of sp³-hybridized carbons (Fsp3) is 0.241. The highest BCUT2D eigenvalue weighted by Crippen LogP contribution is 2.41. The molecule has 3 aliphatic rings. The number of nitrogens with one attached hydrogen (secondary N) is 2. The Bertz CT molecular complexity index is 1500. The molecule has 0 radical (unpaired) electrons. The summed E-state index contributed by atoms with van der Waals surface area (Å²) in [6, 6.07) is 10.2. The van der Waals surface area contributed by atoms with E-state index < -0.39 is 0 Å². The maximum absolute atomic E-state index is 6.25. The first kappa shape index (κ1) is 25.0. The van der Waals surface area contributed by atoms with Crippen LogP contribution in [0.1, 0.15) is 12.5 Å². The number of aryl methyl sites for hydroxylation is 1. The minimum atomic E-state index is 0.561. The van der Waals surface area contributed by atoms with Crippen LogP contribution in [-0.2, 0) is 0 Å². The van der Waals surface area contributed by atoms with E-state index in [0.29, 0.717) is 13.2 Å². The second-order valence-electron chi connectivity index (χ2n) is 8.84. The SMILES string of the molecule is C#C.C/C=N\N1C=CC(Oc2ccc(Nc3ncnc4ccc5c(c34)OCC3=[N+]5CCNC3)cc2C)=CC1. The molecule has 0 atom stereocenters. The second kappa shape index (κ2) is 11.2. The van der Waals surface area contributed by atoms with Gasteiger partial charge >= 0.3 is 0 Å². The van der Waals surface area contributed by atoms with Crippen LogP contribution < -0.4 is 20.1 Å². The van der Waals surface area contributed by atoms with E-state index in [0.717, 1.165) is 70.6 Å². The average molecular weight is 509 g/mol. The molecule has 0 bridgehead atoms. The zero-order chi connectivity index (χ0) is 26.5. The van der Waals surface area contributed by atoms with Crippen molar-refractivity contribution in [2.24, 2.45) is 5.10 Å². The minimum Gasteiger partial charge on any atom is -0.475 e. The van der Waals surface area contributed by atoms with E-state index in [1.165, 1.54) is 5.71 Å². The maximum Gasteiger partial charge on any atom is 0.248 e. The number of hydrogen-bond acceptors (Lipinski definition) is 8. The second-order valence-corrected chi connectivity index (χ2v) is 8.84. The van der Waals surface area contributed by atoms with E-state index in [9.17, 15) is 0 Å². The standard InChI is InChI=1S/C27H28N7O2.C2H2/c1-3-31-33-11-8-21(9-12-33)36-24-7-4-19(14-18(24)2)32-27-25-22(29-17-30-27)5-6-23-26(25)35-16-20-15-28-10-13-34(20)23;1-2/h3-9,11,14,17,28H,10,12-13,15-16H2,1-2H3,(H,29,30,32);1-2H/q+1;/b31-3-;. The van der Waals surface area contributed by atoms with Crippen LogP contribution in [0.3, 0.4) is 0 Å². The summed E-state index contributed by atoms with van der Waals surface area (Å²) in [5.74, 6) is 3.16. The first-order valence-corrected chi connectivity index (χ1v) is 12.5. The van der Waals surface area contributed by atoms with Gasteiger partial charge in [0.1, 0.15) is 23.7 Å². The van der Waals surface area contributed by atoms with Crippen LogP contribution in [0.15, 0.2) is 65.9 Å². The number of benzene rings is 2. The van der Waals surface area contributed by atoms with Crippen LogP contribution in [0, 0.1) is 19.8 Å². The predicted octanol–water partition coefficient (Wildman–Crippen LogP) is 4.11. The smallest absolute Gasteiger partial charge is 0.248 e. The van der Waals surface area contributed by atoms with Crippen molar-refractivity contribution < 1.29 is 14.0 Å². The van der Waals surface area contributed by atoms with Gasteiger partial charge in [-0.05, 0) is 55.8 Å². The summed E-state index contributed by atoms with van der Waals surface area (Å²) in [6.45, 7) is 7.88. The van der Waals surface area contributed by atoms with Gasteiger partial charge in [-0.2, -0.15) is 9.68 Å². The zero-order valence-corrected chi connectivity index (χ0v) is 21.5. The molecule has 6 rings (SSSR count). The van der Waals surface area contributed by atoms with Gasteiger partial charge in [0.2, 0.25) is 17.1 Å². The van der Waals surface area contributed by atoms with Crippen molar-refractivity contribution in [1.29, 1.82) is 0 Å². The van der Waals surface area contributed by atoms with E-state index in [2.05, 4.69) is 55.3 Å². The molecule has 0 amide bonds. The molecule has 4 heterocycles. The molecule has 0 saturated heterocycles. The summed E-state index contributed by atoms with van der Waals surface area (Å²) >= 11 is 0. The molecule has 0 saturated carbocycles. The predicted molar refractivity (Wildman–Crippen MR) is 151 cm³/mol. The number of nitrogens with zero attached hydrogens (tertiary/aromatic N) is 5. The lowest BCUT2D eigenvalue weighted by Crippen LogP contribution is -2.44. The van der Waals surface area contributed by atoms with Crippen LogP contribution in [0.5, 0.6) is 11.5 Å². The molecule has 3 aromatic rings. The van der Waals surface area contributed by atoms with Crippen molar-refractivity contribution in [3.63, 3.8) is 0 Å². The molecule has 0 fully saturated rings. The maximum atomic E-state index is 6.25. The number of allylic oxidation sites excluding steroid dienone is 1. The molecule has 3 aliphatic heterocycles. The van der Waals surface area contributed by atoms with Crippen LogP contribution in [0.25, 0.3) is 10.9 Å². The van der Waals surface area contributed by atoms with Gasteiger partial charge < -0.3 is 20.1 Å². The summed E-state index contributed by atoms with van der Waals surface area (Å²) in [4.78, 5) is 9.07. The topological polar surface area (TPSA) is 86.9 Å². The Balaban J connectivity index is 0.00000144. The van der Waals surface area contributed by atoms with E-state index in [1.54, 1.807) is 12.5 Å². The highest BCUT2D eigenvalue weighted by Gasteiger charge is 2.32. The van der Waals surface area contributed by atoms with Gasteiger partial charge in [0.25, 0.3) is 0 Å². The number of ether oxygens (including phenoxy) is 2. The highest BCUT2D eigenvalue weighted by atomic mass is 16.5. The third kappa shape index (κ3) is 4.94. The lowest BCUT2D eigenvalue weighted by Gasteiger charge is -2.23. The van der Waals surface area contributed by atoms with Crippen LogP contribution >= 0.6 is 0 Å². The number of fused-ring (bicyclic) bond motifs is 4. The van der Waals surface area contributed by atoms with Crippen LogP contribution in [0.2, 0.25) is 0 Å². The quantitative estimate of drug-likeness (QED) is 0.305. The van der Waals surface area contributed by atoms with Crippen LogP contribution in [0.4, 0.5) is 17.2 Å². The third-order valence-corrected chi connectivity index (χ3v) is 6.45. The fourth-order valence-electron chi connectivity index (χ4n) is 4.70. The highest BCUT2D eigenvalue weighted by molar-refractivity contribution is 6.00. The summed E-state index contributed by atoms with van der Waals surface area (Å²) in [5.41, 5.74) is 5.10. The van der Waals surface area contributed by atoms with Crippen molar-refractivity contribution in [1.82, 2.24) is 20.3 Å². The number of aromatic nitrogens is 2. The summed E-state index contributed by atoms with van der Waals surface area (Å²) in [6.07, 6.45) is 17.2. The Morgan fingerprint density at radius 3 is 2.92 bits per heavy atom. The Kier molecular flexibility index (Phi) is 7.33. The first-order valence-electron chi connectivity index (χ1n) is 12.5. The molecule has 9 nitrogen and oxygen atoms in total. The Morgan fingerprint density at radius 1 is 1.24 bits per heavy atom. The number of terminal acetylenes is 1. The molecule has 9 heteroatoms. The van der Waals surface area contributed by atoms with Crippen molar-refractivity contribution in [3.05, 3.63) is 66.3 Å². The molecule has 2 aromatic carbocycles. The largest absolute Gasteiger partial charge is 0.475 e. The Morgan fingerprint density at radius 2 is 2.13 bits per heavy atom. The van der Waals surface area contributed by atoms with Gasteiger partial charge in [-0.25, -0.2) is 9.97 Å². The van der Waals surface area contributed by atoms with E-state index in [-0.39, 0.29) is 0 Å². The molecule has 1 aromatic heterocycles. The van der Waals surface area contributed by atoms with E-state index in [1.807, 2.05) is 55.4 Å². The Hall–Kier alpha value is -4.68. The van der Waals surface area contributed by atoms with Gasteiger partial charge in [0, 0.05) is 24.2 Å². The Labute approximate surface area is 222 Å². The molecular formula is C29H30N7O2+. The van der Waals surface area contributed by atoms with Crippen LogP contribution in [-0.4, -0.2) is 64.3 Å². The average Bonchev–Trinajstić information content (AvgIpc) is 2.96. The molecule has 2 N–H and O–H groups in total. The van der Waals surface area contributed by atoms with Gasteiger partial charge in [0.15, 0.2) is 13.2 Å². The summed E-state index contributed by atoms with van der Waals surface area (Å²) in [7, 11) is 0. The van der Waals surface area contributed by atoms with Gasteiger partial charge in [-0.15, -0.1) is 12.8 Å². The van der Waals surface area contributed by atoms with Gasteiger partial charge in [-0.3, -0.25) is 5.01 Å². The number of rotatable bonds is 5. The summed E-state index contributed by atoms with van der Waals surface area (Å²) in [5, 5.41) is 13.9. The number of anilines is 2. The lowest BCUT2D eigenvalue weighted by atomic mass is 10.1. The van der Waals surface area contributed by atoms with Gasteiger partial charge in [-0.1, -0.05) is 0 Å². The molecule has 192 valence electrons. The first-order chi connectivity index (χ1) is 18.7. The minimum absolute atomic E-state index is 0.561. The lowest BCUT2D eigenvalue weighted by molar-refractivity contribution is -0.449. The molecule has 0 unspecified atom stereocenters. The third-order valence-electron chi connectivity index (χ3n) is 6.45. The van der Waals surface area contributed by atoms with Crippen molar-refractivity contribution in [2.75, 3.05) is 38.1 Å². The van der Waals surface area contributed by atoms with Gasteiger partial charge in [0.05, 0.1) is 30.5 Å². The summed E-state index contributed by atoms with van der Waals surface area (Å²) < 4.78 is 14.7. The molecular weight excluding hydrogens is 478 g/mol. The van der Waals surface area contributed by atoms with Crippen molar-refractivity contribution in [2.45, 2.75) is 13.8 Å². The van der Waals surface area contributed by atoms with E-state index in [4.69, 9.17) is 9.47 Å². The normalized spacial score (nSPS) is 16.2. The monoisotopic (exact) mass is 508 g/mol. The van der Waals surface area contributed by atoms with Crippen molar-refractivity contribution >= 4 is 40.0 Å². The zero-order valence-electron chi connectivity index (χ0n) is 21.5. The number of hydrazone groups is 1.